The molecule has 0 saturated heterocycles. The number of halogens is 2. The normalized spacial score (nSPS) is 10.8. The number of anilines is 1. The number of nitriles is 1. The van der Waals surface area contributed by atoms with Crippen LogP contribution >= 0.6 is 34.2 Å². The molecule has 188 valence electrons. The fourth-order valence-corrected chi connectivity index (χ4v) is 4.00. The quantitative estimate of drug-likeness (QED) is 0.0919. The summed E-state index contributed by atoms with van der Waals surface area (Å²) < 4.78 is 11.9. The molecule has 0 aliphatic carbocycles. The number of nitro benzene ring substituents is 2. The number of nitro groups is 2. The van der Waals surface area contributed by atoms with Crippen molar-refractivity contribution in [1.29, 1.82) is 5.26 Å². The van der Waals surface area contributed by atoms with Crippen LogP contribution in [0.15, 0.2) is 60.2 Å². The van der Waals surface area contributed by atoms with Crippen molar-refractivity contribution in [2.75, 3.05) is 11.9 Å². The molecule has 0 bridgehead atoms. The van der Waals surface area contributed by atoms with Crippen molar-refractivity contribution in [3.05, 3.63) is 94.6 Å². The number of benzene rings is 3. The van der Waals surface area contributed by atoms with Gasteiger partial charge in [-0.1, -0.05) is 17.7 Å². The monoisotopic (exact) mass is 634 g/mol. The molecule has 11 nitrogen and oxygen atoms in total. The van der Waals surface area contributed by atoms with E-state index in [0.29, 0.717) is 19.8 Å². The maximum atomic E-state index is 12.6. The van der Waals surface area contributed by atoms with Gasteiger partial charge in [-0.15, -0.1) is 0 Å². The SMILES string of the molecule is CCOc1cc(/C=C(\C#N)C(=O)Nc2cccc(Cl)c2)cc(I)c1Oc1ccc([N+](=O)[O-])cc1[N+](=O)[O-]. The van der Waals surface area contributed by atoms with E-state index in [1.165, 1.54) is 18.2 Å². The Balaban J connectivity index is 1.98. The molecule has 0 heterocycles. The molecular formula is C24H16ClIN4O7. The molecule has 3 aromatic carbocycles. The van der Waals surface area contributed by atoms with Crippen molar-refractivity contribution in [3.8, 4) is 23.3 Å². The third kappa shape index (κ3) is 6.93. The summed E-state index contributed by atoms with van der Waals surface area (Å²) in [5.74, 6) is -0.574. The van der Waals surface area contributed by atoms with Crippen molar-refractivity contribution in [2.24, 2.45) is 0 Å². The minimum absolute atomic E-state index is 0.124. The van der Waals surface area contributed by atoms with Gasteiger partial charge in [0.15, 0.2) is 11.5 Å². The predicted octanol–water partition coefficient (Wildman–Crippen LogP) is 6.50. The van der Waals surface area contributed by atoms with Crippen LogP contribution in [0.3, 0.4) is 0 Å². The first-order valence-electron chi connectivity index (χ1n) is 10.4. The number of hydrogen-bond donors (Lipinski definition) is 1. The molecule has 0 unspecified atom stereocenters. The number of hydrogen-bond acceptors (Lipinski definition) is 8. The van der Waals surface area contributed by atoms with Crippen molar-refractivity contribution in [1.82, 2.24) is 0 Å². The lowest BCUT2D eigenvalue weighted by atomic mass is 10.1. The molecule has 0 aromatic heterocycles. The second-order valence-electron chi connectivity index (χ2n) is 7.17. The molecule has 0 aliphatic rings. The zero-order chi connectivity index (χ0) is 27.1. The molecule has 0 spiro atoms. The molecule has 0 radical (unpaired) electrons. The number of nitrogens with zero attached hydrogens (tertiary/aromatic N) is 3. The third-order valence-electron chi connectivity index (χ3n) is 4.65. The van der Waals surface area contributed by atoms with Gasteiger partial charge in [-0.2, -0.15) is 5.26 Å². The summed E-state index contributed by atoms with van der Waals surface area (Å²) in [5, 5.41) is 35.1. The van der Waals surface area contributed by atoms with Gasteiger partial charge in [-0.25, -0.2) is 0 Å². The van der Waals surface area contributed by atoms with Crippen LogP contribution in [0.5, 0.6) is 17.2 Å². The molecule has 0 atom stereocenters. The van der Waals surface area contributed by atoms with Crippen molar-refractivity contribution in [2.45, 2.75) is 6.92 Å². The summed E-state index contributed by atoms with van der Waals surface area (Å²) in [6, 6.07) is 14.4. The predicted molar refractivity (Wildman–Crippen MR) is 144 cm³/mol. The summed E-state index contributed by atoms with van der Waals surface area (Å²) in [7, 11) is 0. The Morgan fingerprint density at radius 3 is 2.51 bits per heavy atom. The van der Waals surface area contributed by atoms with Gasteiger partial charge >= 0.3 is 5.69 Å². The molecule has 1 N–H and O–H groups in total. The zero-order valence-electron chi connectivity index (χ0n) is 18.9. The van der Waals surface area contributed by atoms with Crippen molar-refractivity contribution in [3.63, 3.8) is 0 Å². The highest BCUT2D eigenvalue weighted by atomic mass is 127. The second kappa shape index (κ2) is 12.2. The Morgan fingerprint density at radius 2 is 1.89 bits per heavy atom. The Bertz CT molecular complexity index is 1470. The fourth-order valence-electron chi connectivity index (χ4n) is 3.07. The van der Waals surface area contributed by atoms with Crippen LogP contribution in [0.4, 0.5) is 17.1 Å². The first kappa shape index (κ1) is 27.4. The molecule has 0 fully saturated rings. The second-order valence-corrected chi connectivity index (χ2v) is 8.76. The summed E-state index contributed by atoms with van der Waals surface area (Å²) in [6.45, 7) is 1.93. The highest BCUT2D eigenvalue weighted by Crippen LogP contribution is 2.41. The average molecular weight is 635 g/mol. The van der Waals surface area contributed by atoms with E-state index >= 15 is 0 Å². The number of carbonyl (C=O) groups is 1. The van der Waals surface area contributed by atoms with Crippen LogP contribution < -0.4 is 14.8 Å². The van der Waals surface area contributed by atoms with E-state index in [4.69, 9.17) is 21.1 Å². The third-order valence-corrected chi connectivity index (χ3v) is 5.69. The zero-order valence-corrected chi connectivity index (χ0v) is 21.8. The largest absolute Gasteiger partial charge is 0.490 e. The standard InChI is InChI=1S/C24H16ClIN4O7/c1-2-36-22-10-14(8-15(13-27)24(31)28-17-5-3-4-16(25)11-17)9-19(26)23(22)37-21-7-6-18(29(32)33)12-20(21)30(34)35/h3-12H,2H2,1H3,(H,28,31)/b15-8+. The lowest BCUT2D eigenvalue weighted by Crippen LogP contribution is -2.13. The maximum Gasteiger partial charge on any atom is 0.318 e. The van der Waals surface area contributed by atoms with E-state index < -0.39 is 27.1 Å². The number of non-ortho nitro benzene ring substituents is 1. The van der Waals surface area contributed by atoms with Gasteiger partial charge in [0.05, 0.1) is 26.1 Å². The van der Waals surface area contributed by atoms with Gasteiger partial charge in [-0.05, 0) is 77.6 Å². The maximum absolute atomic E-state index is 12.6. The van der Waals surface area contributed by atoms with Crippen molar-refractivity contribution < 1.29 is 24.1 Å². The molecule has 0 saturated carbocycles. The van der Waals surface area contributed by atoms with E-state index in [2.05, 4.69) is 5.32 Å². The number of amides is 1. The molecule has 3 aromatic rings. The molecule has 1 amide bonds. The first-order valence-corrected chi connectivity index (χ1v) is 11.8. The molecule has 0 aliphatic heterocycles. The number of ether oxygens (including phenoxy) is 2. The van der Waals surface area contributed by atoms with E-state index in [1.807, 2.05) is 28.7 Å². The Morgan fingerprint density at radius 1 is 1.14 bits per heavy atom. The molecule has 3 rings (SSSR count). The highest BCUT2D eigenvalue weighted by Gasteiger charge is 2.24. The summed E-state index contributed by atoms with van der Waals surface area (Å²) in [5.41, 5.74) is -0.411. The summed E-state index contributed by atoms with van der Waals surface area (Å²) in [4.78, 5) is 33.6. The van der Waals surface area contributed by atoms with E-state index in [9.17, 15) is 30.3 Å². The number of carbonyl (C=O) groups excluding carboxylic acids is 1. The fraction of sp³-hybridized carbons (Fsp3) is 0.0833. The lowest BCUT2D eigenvalue weighted by Gasteiger charge is -2.14. The van der Waals surface area contributed by atoms with Gasteiger partial charge in [0.2, 0.25) is 5.75 Å². The van der Waals surface area contributed by atoms with E-state index in [0.717, 1.165) is 18.2 Å². The average Bonchev–Trinajstić information content (AvgIpc) is 2.84. The smallest absolute Gasteiger partial charge is 0.318 e. The highest BCUT2D eigenvalue weighted by molar-refractivity contribution is 14.1. The van der Waals surface area contributed by atoms with Gasteiger partial charge in [-0.3, -0.25) is 25.0 Å². The van der Waals surface area contributed by atoms with Gasteiger partial charge in [0.1, 0.15) is 11.6 Å². The van der Waals surface area contributed by atoms with Crippen LogP contribution in [0.1, 0.15) is 12.5 Å². The van der Waals surface area contributed by atoms with Crippen LogP contribution in [0.25, 0.3) is 6.08 Å². The van der Waals surface area contributed by atoms with Crippen LogP contribution in [0.2, 0.25) is 5.02 Å². The van der Waals surface area contributed by atoms with Gasteiger partial charge < -0.3 is 14.8 Å². The molecular weight excluding hydrogens is 619 g/mol. The molecule has 13 heteroatoms. The Kier molecular flexibility index (Phi) is 8.99. The van der Waals surface area contributed by atoms with E-state index in [1.54, 1.807) is 31.2 Å². The van der Waals surface area contributed by atoms with Crippen LogP contribution in [-0.2, 0) is 4.79 Å². The molecule has 37 heavy (non-hydrogen) atoms. The van der Waals surface area contributed by atoms with Gasteiger partial charge in [0, 0.05) is 16.8 Å². The topological polar surface area (TPSA) is 158 Å². The van der Waals surface area contributed by atoms with E-state index in [-0.39, 0.29) is 29.4 Å². The number of nitrogens with one attached hydrogen (secondary N) is 1. The Labute approximate surface area is 228 Å². The van der Waals surface area contributed by atoms with Crippen LogP contribution in [0, 0.1) is 35.1 Å². The van der Waals surface area contributed by atoms with Crippen LogP contribution in [-0.4, -0.2) is 22.4 Å². The minimum atomic E-state index is -0.787. The Hall–Kier alpha value is -4.22. The first-order chi connectivity index (χ1) is 17.6. The summed E-state index contributed by atoms with van der Waals surface area (Å²) >= 11 is 7.85. The lowest BCUT2D eigenvalue weighted by molar-refractivity contribution is -0.394. The van der Waals surface area contributed by atoms with Crippen molar-refractivity contribution >= 4 is 63.2 Å². The summed E-state index contributed by atoms with van der Waals surface area (Å²) in [6.07, 6.45) is 1.35. The number of rotatable bonds is 9. The minimum Gasteiger partial charge on any atom is -0.490 e. The van der Waals surface area contributed by atoms with Gasteiger partial charge in [0.25, 0.3) is 11.6 Å².